The smallest absolute Gasteiger partial charge is 0.276 e. The molecule has 1 aromatic heterocycles. The van der Waals surface area contributed by atoms with Gasteiger partial charge >= 0.3 is 0 Å². The summed E-state index contributed by atoms with van der Waals surface area (Å²) in [6.45, 7) is 4.63. The minimum atomic E-state index is -0.857. The Morgan fingerprint density at radius 3 is 2.37 bits per heavy atom. The van der Waals surface area contributed by atoms with E-state index in [9.17, 15) is 13.6 Å². The zero-order valence-electron chi connectivity index (χ0n) is 14.9. The third-order valence-corrected chi connectivity index (χ3v) is 3.98. The van der Waals surface area contributed by atoms with Crippen LogP contribution in [0.3, 0.4) is 0 Å². The molecule has 0 aliphatic carbocycles. The molecule has 3 aromatic rings. The molecule has 0 saturated carbocycles. The molecular formula is C20H18F2N4O. The molecule has 2 aromatic carbocycles. The van der Waals surface area contributed by atoms with Crippen LogP contribution in [0.1, 0.15) is 23.0 Å². The van der Waals surface area contributed by atoms with Gasteiger partial charge in [0.1, 0.15) is 23.0 Å². The van der Waals surface area contributed by atoms with Gasteiger partial charge in [-0.3, -0.25) is 4.79 Å². The molecule has 0 aliphatic rings. The zero-order valence-corrected chi connectivity index (χ0v) is 14.9. The summed E-state index contributed by atoms with van der Waals surface area (Å²) in [6, 6.07) is 11.3. The van der Waals surface area contributed by atoms with Crippen molar-refractivity contribution in [2.75, 3.05) is 16.8 Å². The number of nitrogens with one attached hydrogen (secondary N) is 1. The highest BCUT2D eigenvalue weighted by Crippen LogP contribution is 2.24. The molecule has 0 atom stereocenters. The van der Waals surface area contributed by atoms with E-state index in [2.05, 4.69) is 15.3 Å². The topological polar surface area (TPSA) is 58.1 Å². The van der Waals surface area contributed by atoms with E-state index >= 15 is 0 Å². The predicted molar refractivity (Wildman–Crippen MR) is 100 cm³/mol. The quantitative estimate of drug-likeness (QED) is 0.722. The van der Waals surface area contributed by atoms with Crippen molar-refractivity contribution in [1.29, 1.82) is 0 Å². The van der Waals surface area contributed by atoms with Crippen molar-refractivity contribution >= 4 is 23.1 Å². The molecular weight excluding hydrogens is 350 g/mol. The standard InChI is InChI=1S/C20H18F2N4O/c1-3-26(14-7-4-6-13(2)10-14)18-12-23-17(11-24-18)20(27)25-19-15(21)8-5-9-16(19)22/h4-12H,3H2,1-2H3,(H,25,27). The van der Waals surface area contributed by atoms with E-state index in [4.69, 9.17) is 0 Å². The number of hydrogen-bond acceptors (Lipinski definition) is 4. The molecule has 3 rings (SSSR count). The van der Waals surface area contributed by atoms with Crippen LogP contribution in [-0.2, 0) is 0 Å². The first-order valence-corrected chi connectivity index (χ1v) is 8.41. The third kappa shape index (κ3) is 4.08. The first kappa shape index (κ1) is 18.4. The first-order valence-electron chi connectivity index (χ1n) is 8.41. The van der Waals surface area contributed by atoms with Gasteiger partial charge in [0, 0.05) is 12.2 Å². The Balaban J connectivity index is 1.81. The predicted octanol–water partition coefficient (Wildman–Crippen LogP) is 4.47. The van der Waals surface area contributed by atoms with Crippen molar-refractivity contribution < 1.29 is 13.6 Å². The van der Waals surface area contributed by atoms with E-state index in [1.165, 1.54) is 18.5 Å². The largest absolute Gasteiger partial charge is 0.325 e. The Labute approximate surface area is 155 Å². The number of para-hydroxylation sites is 1. The molecule has 1 heterocycles. The maximum atomic E-state index is 13.7. The molecule has 0 aliphatic heterocycles. The van der Waals surface area contributed by atoms with Crippen LogP contribution >= 0.6 is 0 Å². The number of aryl methyl sites for hydroxylation is 1. The molecule has 0 unspecified atom stereocenters. The first-order chi connectivity index (χ1) is 13.0. The Kier molecular flexibility index (Phi) is 5.40. The van der Waals surface area contributed by atoms with Gasteiger partial charge in [0.05, 0.1) is 12.4 Å². The van der Waals surface area contributed by atoms with E-state index in [1.807, 2.05) is 43.0 Å². The lowest BCUT2D eigenvalue weighted by atomic mass is 10.2. The maximum Gasteiger partial charge on any atom is 0.276 e. The van der Waals surface area contributed by atoms with Gasteiger partial charge in [0.2, 0.25) is 0 Å². The Morgan fingerprint density at radius 2 is 1.78 bits per heavy atom. The van der Waals surface area contributed by atoms with E-state index in [1.54, 1.807) is 0 Å². The van der Waals surface area contributed by atoms with Crippen LogP contribution in [0.15, 0.2) is 54.9 Å². The lowest BCUT2D eigenvalue weighted by Gasteiger charge is -2.22. The van der Waals surface area contributed by atoms with Crippen molar-refractivity contribution in [3.8, 4) is 0 Å². The van der Waals surface area contributed by atoms with Crippen molar-refractivity contribution in [2.45, 2.75) is 13.8 Å². The van der Waals surface area contributed by atoms with Crippen molar-refractivity contribution in [3.63, 3.8) is 0 Å². The van der Waals surface area contributed by atoms with Crippen LogP contribution in [0, 0.1) is 18.6 Å². The molecule has 0 fully saturated rings. The van der Waals surface area contributed by atoms with Gasteiger partial charge < -0.3 is 10.2 Å². The SMILES string of the molecule is CCN(c1cccc(C)c1)c1cnc(C(=O)Nc2c(F)cccc2F)cn1. The molecule has 1 N–H and O–H groups in total. The summed E-state index contributed by atoms with van der Waals surface area (Å²) < 4.78 is 27.3. The van der Waals surface area contributed by atoms with Gasteiger partial charge in [-0.1, -0.05) is 18.2 Å². The van der Waals surface area contributed by atoms with Gasteiger partial charge in [0.25, 0.3) is 5.91 Å². The molecule has 0 spiro atoms. The second-order valence-electron chi connectivity index (χ2n) is 5.89. The Bertz CT molecular complexity index is 940. The fourth-order valence-corrected chi connectivity index (χ4v) is 2.65. The van der Waals surface area contributed by atoms with Gasteiger partial charge in [-0.25, -0.2) is 18.7 Å². The second kappa shape index (κ2) is 7.90. The average Bonchev–Trinajstić information content (AvgIpc) is 2.66. The molecule has 0 saturated heterocycles. The van der Waals surface area contributed by atoms with E-state index in [-0.39, 0.29) is 5.69 Å². The monoisotopic (exact) mass is 368 g/mol. The number of anilines is 3. The normalized spacial score (nSPS) is 10.5. The van der Waals surface area contributed by atoms with Crippen LogP contribution < -0.4 is 10.2 Å². The van der Waals surface area contributed by atoms with E-state index in [0.717, 1.165) is 23.4 Å². The Hall–Kier alpha value is -3.35. The minimum absolute atomic E-state index is 0.0401. The summed E-state index contributed by atoms with van der Waals surface area (Å²) in [4.78, 5) is 22.5. The summed E-state index contributed by atoms with van der Waals surface area (Å²) in [7, 11) is 0. The van der Waals surface area contributed by atoms with Crippen LogP contribution in [0.25, 0.3) is 0 Å². The number of benzene rings is 2. The lowest BCUT2D eigenvalue weighted by Crippen LogP contribution is -2.20. The summed E-state index contributed by atoms with van der Waals surface area (Å²) in [5.74, 6) is -1.89. The summed E-state index contributed by atoms with van der Waals surface area (Å²) in [5, 5.41) is 2.19. The second-order valence-corrected chi connectivity index (χ2v) is 5.89. The number of hydrogen-bond donors (Lipinski definition) is 1. The number of halogens is 2. The number of carbonyl (C=O) groups is 1. The molecule has 7 heteroatoms. The van der Waals surface area contributed by atoms with Crippen LogP contribution in [0.4, 0.5) is 26.0 Å². The van der Waals surface area contributed by atoms with Crippen LogP contribution in [0.2, 0.25) is 0 Å². The maximum absolute atomic E-state index is 13.7. The molecule has 0 bridgehead atoms. The average molecular weight is 368 g/mol. The van der Waals surface area contributed by atoms with E-state index < -0.39 is 23.2 Å². The number of aromatic nitrogens is 2. The highest BCUT2D eigenvalue weighted by atomic mass is 19.1. The summed E-state index contributed by atoms with van der Waals surface area (Å²) in [6.07, 6.45) is 2.74. The van der Waals surface area contributed by atoms with Crippen molar-refractivity contribution in [1.82, 2.24) is 9.97 Å². The summed E-state index contributed by atoms with van der Waals surface area (Å²) >= 11 is 0. The Morgan fingerprint density at radius 1 is 1.07 bits per heavy atom. The van der Waals surface area contributed by atoms with Crippen LogP contribution in [-0.4, -0.2) is 22.4 Å². The number of amides is 1. The van der Waals surface area contributed by atoms with Gasteiger partial charge in [-0.15, -0.1) is 0 Å². The van der Waals surface area contributed by atoms with Gasteiger partial charge in [-0.2, -0.15) is 0 Å². The van der Waals surface area contributed by atoms with Crippen LogP contribution in [0.5, 0.6) is 0 Å². The van der Waals surface area contributed by atoms with Crippen molar-refractivity contribution in [3.05, 3.63) is 77.8 Å². The van der Waals surface area contributed by atoms with Gasteiger partial charge in [0.15, 0.2) is 5.82 Å². The molecule has 27 heavy (non-hydrogen) atoms. The number of carbonyl (C=O) groups excluding carboxylic acids is 1. The van der Waals surface area contributed by atoms with E-state index in [0.29, 0.717) is 12.4 Å². The lowest BCUT2D eigenvalue weighted by molar-refractivity contribution is 0.102. The van der Waals surface area contributed by atoms with Gasteiger partial charge in [-0.05, 0) is 43.7 Å². The molecule has 5 nitrogen and oxygen atoms in total. The third-order valence-electron chi connectivity index (χ3n) is 3.98. The molecule has 138 valence electrons. The highest BCUT2D eigenvalue weighted by molar-refractivity contribution is 6.02. The number of nitrogens with zero attached hydrogens (tertiary/aromatic N) is 3. The fourth-order valence-electron chi connectivity index (χ4n) is 2.65. The minimum Gasteiger partial charge on any atom is -0.325 e. The zero-order chi connectivity index (χ0) is 19.4. The fraction of sp³-hybridized carbons (Fsp3) is 0.150. The molecule has 1 amide bonds. The number of rotatable bonds is 5. The molecule has 0 radical (unpaired) electrons. The summed E-state index contributed by atoms with van der Waals surface area (Å²) in [5.41, 5.74) is 1.52. The highest BCUT2D eigenvalue weighted by Gasteiger charge is 2.16. The van der Waals surface area contributed by atoms with Crippen molar-refractivity contribution in [2.24, 2.45) is 0 Å².